The minimum absolute atomic E-state index is 0.575. The van der Waals surface area contributed by atoms with Crippen LogP contribution in [0.1, 0.15) is 39.9 Å². The van der Waals surface area contributed by atoms with Crippen molar-refractivity contribution in [2.45, 2.75) is 53.1 Å². The fourth-order valence-corrected chi connectivity index (χ4v) is 1.74. The van der Waals surface area contributed by atoms with Crippen LogP contribution < -0.4 is 5.32 Å². The van der Waals surface area contributed by atoms with Gasteiger partial charge in [-0.05, 0) is 25.8 Å². The fraction of sp³-hybridized carbons (Fsp3) is 0.833. The molecule has 16 heavy (non-hydrogen) atoms. The fourth-order valence-electron chi connectivity index (χ4n) is 1.74. The van der Waals surface area contributed by atoms with Crippen molar-refractivity contribution in [2.24, 2.45) is 5.92 Å². The first-order chi connectivity index (χ1) is 7.63. The zero-order chi connectivity index (χ0) is 12.0. The van der Waals surface area contributed by atoms with Gasteiger partial charge in [0.1, 0.15) is 12.2 Å². The zero-order valence-corrected chi connectivity index (χ0v) is 10.9. The van der Waals surface area contributed by atoms with E-state index in [-0.39, 0.29) is 0 Å². The second kappa shape index (κ2) is 6.63. The number of rotatable bonds is 7. The van der Waals surface area contributed by atoms with E-state index < -0.39 is 0 Å². The summed E-state index contributed by atoms with van der Waals surface area (Å²) in [6.07, 6.45) is 3.86. The van der Waals surface area contributed by atoms with Gasteiger partial charge < -0.3 is 5.32 Å². The molecule has 1 heterocycles. The van der Waals surface area contributed by atoms with E-state index >= 15 is 0 Å². The molecule has 0 radical (unpaired) electrons. The third-order valence-corrected chi connectivity index (χ3v) is 2.72. The van der Waals surface area contributed by atoms with Crippen molar-refractivity contribution in [3.63, 3.8) is 0 Å². The third-order valence-electron chi connectivity index (χ3n) is 2.72. The lowest BCUT2D eigenvalue weighted by Crippen LogP contribution is -2.25. The monoisotopic (exact) mass is 224 g/mol. The third kappa shape index (κ3) is 4.31. The van der Waals surface area contributed by atoms with Crippen LogP contribution in [0.2, 0.25) is 0 Å². The minimum Gasteiger partial charge on any atom is -0.315 e. The molecule has 1 aromatic rings. The van der Waals surface area contributed by atoms with Crippen LogP contribution in [0.5, 0.6) is 0 Å². The summed E-state index contributed by atoms with van der Waals surface area (Å²) >= 11 is 0. The number of hydrogen-bond acceptors (Lipinski definition) is 3. The Morgan fingerprint density at radius 1 is 1.38 bits per heavy atom. The van der Waals surface area contributed by atoms with Crippen LogP contribution in [0, 0.1) is 5.92 Å². The molecule has 0 aliphatic heterocycles. The molecule has 0 bridgehead atoms. The summed E-state index contributed by atoms with van der Waals surface area (Å²) in [6, 6.07) is 0.575. The molecule has 1 atom stereocenters. The number of hydrogen-bond donors (Lipinski definition) is 1. The van der Waals surface area contributed by atoms with Crippen LogP contribution in [0.3, 0.4) is 0 Å². The van der Waals surface area contributed by atoms with Gasteiger partial charge >= 0.3 is 0 Å². The lowest BCUT2D eigenvalue weighted by Gasteiger charge is -2.13. The SMILES string of the molecule is CCn1ncnc1CC(C)CCNC(C)C. The summed E-state index contributed by atoms with van der Waals surface area (Å²) in [5.41, 5.74) is 0. The van der Waals surface area contributed by atoms with E-state index in [1.807, 2.05) is 4.68 Å². The van der Waals surface area contributed by atoms with E-state index in [9.17, 15) is 0 Å². The van der Waals surface area contributed by atoms with Crippen LogP contribution in [-0.4, -0.2) is 27.4 Å². The molecule has 0 fully saturated rings. The van der Waals surface area contributed by atoms with Crippen LogP contribution in [0.4, 0.5) is 0 Å². The largest absolute Gasteiger partial charge is 0.315 e. The van der Waals surface area contributed by atoms with Gasteiger partial charge in [0.2, 0.25) is 0 Å². The van der Waals surface area contributed by atoms with Gasteiger partial charge in [-0.1, -0.05) is 20.8 Å². The highest BCUT2D eigenvalue weighted by atomic mass is 15.3. The minimum atomic E-state index is 0.575. The van der Waals surface area contributed by atoms with Crippen molar-refractivity contribution in [2.75, 3.05) is 6.54 Å². The number of aryl methyl sites for hydroxylation is 1. The van der Waals surface area contributed by atoms with Crippen molar-refractivity contribution in [1.82, 2.24) is 20.1 Å². The van der Waals surface area contributed by atoms with Gasteiger partial charge in [-0.2, -0.15) is 5.10 Å². The smallest absolute Gasteiger partial charge is 0.138 e. The summed E-state index contributed by atoms with van der Waals surface area (Å²) in [6.45, 7) is 10.7. The molecule has 4 heteroatoms. The zero-order valence-electron chi connectivity index (χ0n) is 10.9. The molecule has 92 valence electrons. The maximum absolute atomic E-state index is 4.30. The molecule has 1 rings (SSSR count). The first kappa shape index (κ1) is 13.2. The maximum atomic E-state index is 4.30. The Labute approximate surface area is 98.5 Å². The van der Waals surface area contributed by atoms with Crippen LogP contribution in [0.25, 0.3) is 0 Å². The highest BCUT2D eigenvalue weighted by Crippen LogP contribution is 2.09. The molecule has 0 spiro atoms. The Hall–Kier alpha value is -0.900. The van der Waals surface area contributed by atoms with Crippen LogP contribution in [-0.2, 0) is 13.0 Å². The normalized spacial score (nSPS) is 13.3. The average Bonchev–Trinajstić information content (AvgIpc) is 2.64. The lowest BCUT2D eigenvalue weighted by atomic mass is 10.0. The summed E-state index contributed by atoms with van der Waals surface area (Å²) in [5.74, 6) is 1.76. The molecule has 0 amide bonds. The molecular formula is C12H24N4. The van der Waals surface area contributed by atoms with Gasteiger partial charge in [-0.3, -0.25) is 4.68 Å². The topological polar surface area (TPSA) is 42.7 Å². The average molecular weight is 224 g/mol. The van der Waals surface area contributed by atoms with Crippen molar-refractivity contribution < 1.29 is 0 Å². The Morgan fingerprint density at radius 2 is 2.12 bits per heavy atom. The first-order valence-electron chi connectivity index (χ1n) is 6.23. The summed E-state index contributed by atoms with van der Waals surface area (Å²) < 4.78 is 1.98. The molecule has 0 saturated carbocycles. The molecular weight excluding hydrogens is 200 g/mol. The van der Waals surface area contributed by atoms with E-state index in [0.717, 1.165) is 25.3 Å². The quantitative estimate of drug-likeness (QED) is 0.769. The van der Waals surface area contributed by atoms with Gasteiger partial charge in [0.15, 0.2) is 0 Å². The summed E-state index contributed by atoms with van der Waals surface area (Å²) in [4.78, 5) is 4.30. The lowest BCUT2D eigenvalue weighted by molar-refractivity contribution is 0.456. The number of nitrogens with zero attached hydrogens (tertiary/aromatic N) is 3. The van der Waals surface area contributed by atoms with Crippen LogP contribution in [0.15, 0.2) is 6.33 Å². The Bertz CT molecular complexity index is 293. The van der Waals surface area contributed by atoms with Crippen molar-refractivity contribution in [1.29, 1.82) is 0 Å². The van der Waals surface area contributed by atoms with E-state index in [0.29, 0.717) is 12.0 Å². The van der Waals surface area contributed by atoms with Gasteiger partial charge in [-0.25, -0.2) is 4.98 Å². The van der Waals surface area contributed by atoms with E-state index in [1.165, 1.54) is 6.42 Å². The van der Waals surface area contributed by atoms with Gasteiger partial charge in [0.05, 0.1) is 0 Å². The molecule has 0 aromatic carbocycles. The molecule has 4 nitrogen and oxygen atoms in total. The predicted molar refractivity (Wildman–Crippen MR) is 66.3 cm³/mol. The first-order valence-corrected chi connectivity index (χ1v) is 6.23. The van der Waals surface area contributed by atoms with Crippen molar-refractivity contribution in [3.8, 4) is 0 Å². The Morgan fingerprint density at radius 3 is 2.75 bits per heavy atom. The molecule has 1 aromatic heterocycles. The Kier molecular flexibility index (Phi) is 5.46. The number of aromatic nitrogens is 3. The van der Waals surface area contributed by atoms with Gasteiger partial charge in [-0.15, -0.1) is 0 Å². The van der Waals surface area contributed by atoms with Gasteiger partial charge in [0, 0.05) is 19.0 Å². The van der Waals surface area contributed by atoms with E-state index in [2.05, 4.69) is 43.1 Å². The molecule has 1 unspecified atom stereocenters. The predicted octanol–water partition coefficient (Wildman–Crippen LogP) is 1.86. The van der Waals surface area contributed by atoms with E-state index in [1.54, 1.807) is 6.33 Å². The Balaban J connectivity index is 2.31. The van der Waals surface area contributed by atoms with Gasteiger partial charge in [0.25, 0.3) is 0 Å². The summed E-state index contributed by atoms with van der Waals surface area (Å²) in [7, 11) is 0. The maximum Gasteiger partial charge on any atom is 0.138 e. The molecule has 0 aliphatic carbocycles. The molecule has 1 N–H and O–H groups in total. The van der Waals surface area contributed by atoms with Crippen LogP contribution >= 0.6 is 0 Å². The van der Waals surface area contributed by atoms with Crippen molar-refractivity contribution >= 4 is 0 Å². The molecule has 0 saturated heterocycles. The summed E-state index contributed by atoms with van der Waals surface area (Å²) in [5, 5.41) is 7.63. The second-order valence-electron chi connectivity index (χ2n) is 4.70. The van der Waals surface area contributed by atoms with Crippen molar-refractivity contribution in [3.05, 3.63) is 12.2 Å². The second-order valence-corrected chi connectivity index (χ2v) is 4.70. The van der Waals surface area contributed by atoms with E-state index in [4.69, 9.17) is 0 Å². The highest BCUT2D eigenvalue weighted by molar-refractivity contribution is 4.86. The number of nitrogens with one attached hydrogen (secondary N) is 1. The standard InChI is InChI=1S/C12H24N4/c1-5-16-12(14-9-15-16)8-11(4)6-7-13-10(2)3/h9-11,13H,5-8H2,1-4H3. The molecule has 0 aliphatic rings. The highest BCUT2D eigenvalue weighted by Gasteiger charge is 2.08.